The second-order valence-corrected chi connectivity index (χ2v) is 8.12. The van der Waals surface area contributed by atoms with Crippen LogP contribution in [0.3, 0.4) is 0 Å². The molecule has 4 rings (SSSR count). The first-order valence-corrected chi connectivity index (χ1v) is 9.38. The van der Waals surface area contributed by atoms with Crippen LogP contribution in [0.1, 0.15) is 18.0 Å². The van der Waals surface area contributed by atoms with Crippen molar-refractivity contribution in [2.45, 2.75) is 24.3 Å². The summed E-state index contributed by atoms with van der Waals surface area (Å²) in [4.78, 5) is 23.3. The fourth-order valence-electron chi connectivity index (χ4n) is 3.28. The fraction of sp³-hybridized carbons (Fsp3) is 0.312. The molecule has 0 bridgehead atoms. The molecule has 1 atom stereocenters. The predicted molar refractivity (Wildman–Crippen MR) is 91.7 cm³/mol. The van der Waals surface area contributed by atoms with E-state index >= 15 is 0 Å². The van der Waals surface area contributed by atoms with Crippen LogP contribution in [0, 0.1) is 6.92 Å². The van der Waals surface area contributed by atoms with Crippen LogP contribution >= 0.6 is 0 Å². The molecule has 1 N–H and O–H groups in total. The van der Waals surface area contributed by atoms with E-state index in [1.807, 2.05) is 13.0 Å². The van der Waals surface area contributed by atoms with E-state index in [2.05, 4.69) is 15.0 Å². The van der Waals surface area contributed by atoms with Crippen molar-refractivity contribution in [3.63, 3.8) is 0 Å². The van der Waals surface area contributed by atoms with Crippen LogP contribution in [0.5, 0.6) is 0 Å². The number of fused-ring (bicyclic) bond motifs is 1. The number of nitrogens with zero attached hydrogens (tertiary/aromatic N) is 4. The summed E-state index contributed by atoms with van der Waals surface area (Å²) in [6.45, 7) is 2.47. The number of hydrogen-bond acceptors (Lipinski definition) is 5. The minimum Gasteiger partial charge on any atom is -0.303 e. The van der Waals surface area contributed by atoms with Crippen molar-refractivity contribution in [1.82, 2.24) is 23.8 Å². The predicted octanol–water partition coefficient (Wildman–Crippen LogP) is 1.06. The van der Waals surface area contributed by atoms with Crippen LogP contribution in [-0.4, -0.2) is 45.3 Å². The van der Waals surface area contributed by atoms with Gasteiger partial charge in [0.15, 0.2) is 5.65 Å². The monoisotopic (exact) mass is 359 g/mol. The SMILES string of the molecule is Cc1cccc(S(=O)(=O)N2CC[C@H](n3c(=O)[nH]c4cncnc43)C2)c1. The third-order valence-electron chi connectivity index (χ3n) is 4.50. The molecule has 9 heteroatoms. The largest absolute Gasteiger partial charge is 0.328 e. The fourth-order valence-corrected chi connectivity index (χ4v) is 4.88. The number of hydrogen-bond donors (Lipinski definition) is 1. The smallest absolute Gasteiger partial charge is 0.303 e. The zero-order valence-electron chi connectivity index (χ0n) is 13.6. The molecular formula is C16H17N5O3S. The first-order chi connectivity index (χ1) is 12.0. The number of aryl methyl sites for hydroxylation is 1. The second kappa shape index (κ2) is 5.78. The third kappa shape index (κ3) is 2.65. The molecule has 1 saturated heterocycles. The average Bonchev–Trinajstić information content (AvgIpc) is 3.18. The number of nitrogens with one attached hydrogen (secondary N) is 1. The number of aromatic nitrogens is 4. The van der Waals surface area contributed by atoms with E-state index < -0.39 is 10.0 Å². The molecule has 130 valence electrons. The van der Waals surface area contributed by atoms with Crippen LogP contribution < -0.4 is 5.69 Å². The number of H-pyrrole nitrogens is 1. The van der Waals surface area contributed by atoms with Gasteiger partial charge in [-0.15, -0.1) is 0 Å². The Labute approximate surface area is 144 Å². The lowest BCUT2D eigenvalue weighted by Crippen LogP contribution is -2.31. The van der Waals surface area contributed by atoms with Crippen LogP contribution in [0.2, 0.25) is 0 Å². The van der Waals surface area contributed by atoms with E-state index in [-0.39, 0.29) is 23.2 Å². The lowest BCUT2D eigenvalue weighted by molar-refractivity contribution is 0.451. The van der Waals surface area contributed by atoms with Crippen LogP contribution in [0.4, 0.5) is 0 Å². The molecule has 1 aliphatic heterocycles. The van der Waals surface area contributed by atoms with Gasteiger partial charge in [-0.25, -0.2) is 23.2 Å². The van der Waals surface area contributed by atoms with E-state index in [1.165, 1.54) is 21.4 Å². The van der Waals surface area contributed by atoms with Gasteiger partial charge < -0.3 is 4.98 Å². The molecule has 0 aliphatic carbocycles. The van der Waals surface area contributed by atoms with Crippen molar-refractivity contribution < 1.29 is 8.42 Å². The molecule has 1 fully saturated rings. The molecule has 0 amide bonds. The van der Waals surface area contributed by atoms with Crippen molar-refractivity contribution in [2.75, 3.05) is 13.1 Å². The van der Waals surface area contributed by atoms with Crippen LogP contribution in [0.15, 0.2) is 46.5 Å². The van der Waals surface area contributed by atoms with E-state index in [9.17, 15) is 13.2 Å². The van der Waals surface area contributed by atoms with E-state index in [1.54, 1.807) is 18.2 Å². The average molecular weight is 359 g/mol. The Balaban J connectivity index is 1.67. The first kappa shape index (κ1) is 16.0. The van der Waals surface area contributed by atoms with Gasteiger partial charge in [-0.1, -0.05) is 12.1 Å². The molecule has 3 heterocycles. The standard InChI is InChI=1S/C16H17N5O3S/c1-11-3-2-4-13(7-11)25(23,24)20-6-5-12(9-20)21-15-14(19-16(21)22)8-17-10-18-15/h2-4,7-8,10,12H,5-6,9H2,1H3,(H,19,22)/t12-/m0/s1. The van der Waals surface area contributed by atoms with Gasteiger partial charge in [0.25, 0.3) is 0 Å². The molecule has 1 aliphatic rings. The number of imidazole rings is 1. The molecular weight excluding hydrogens is 342 g/mol. The quantitative estimate of drug-likeness (QED) is 0.754. The molecule has 3 aromatic rings. The van der Waals surface area contributed by atoms with Gasteiger partial charge in [-0.3, -0.25) is 4.57 Å². The van der Waals surface area contributed by atoms with Crippen LogP contribution in [0.25, 0.3) is 11.2 Å². The van der Waals surface area contributed by atoms with Crippen molar-refractivity contribution >= 4 is 21.2 Å². The summed E-state index contributed by atoms with van der Waals surface area (Å²) >= 11 is 0. The number of sulfonamides is 1. The first-order valence-electron chi connectivity index (χ1n) is 7.94. The topological polar surface area (TPSA) is 101 Å². The highest BCUT2D eigenvalue weighted by Crippen LogP contribution is 2.28. The number of aromatic amines is 1. The summed E-state index contributed by atoms with van der Waals surface area (Å²) in [6, 6.07) is 6.60. The van der Waals surface area contributed by atoms with Gasteiger partial charge >= 0.3 is 5.69 Å². The molecule has 0 unspecified atom stereocenters. The molecule has 1 aromatic carbocycles. The van der Waals surface area contributed by atoms with Crippen LogP contribution in [-0.2, 0) is 10.0 Å². The van der Waals surface area contributed by atoms with Crippen molar-refractivity contribution in [3.05, 3.63) is 52.8 Å². The Kier molecular flexibility index (Phi) is 3.69. The number of benzene rings is 1. The molecule has 8 nitrogen and oxygen atoms in total. The summed E-state index contributed by atoms with van der Waals surface area (Å²) < 4.78 is 28.7. The zero-order chi connectivity index (χ0) is 17.6. The normalized spacial score (nSPS) is 18.8. The third-order valence-corrected chi connectivity index (χ3v) is 6.36. The minimum atomic E-state index is -3.58. The minimum absolute atomic E-state index is 0.243. The van der Waals surface area contributed by atoms with Gasteiger partial charge in [-0.05, 0) is 31.0 Å². The molecule has 25 heavy (non-hydrogen) atoms. The molecule has 2 aromatic heterocycles. The van der Waals surface area contributed by atoms with E-state index in [0.29, 0.717) is 24.1 Å². The number of rotatable bonds is 3. The highest BCUT2D eigenvalue weighted by atomic mass is 32.2. The Morgan fingerprint density at radius 2 is 2.16 bits per heavy atom. The second-order valence-electron chi connectivity index (χ2n) is 6.18. The molecule has 0 radical (unpaired) electrons. The van der Waals surface area contributed by atoms with Crippen molar-refractivity contribution in [2.24, 2.45) is 0 Å². The van der Waals surface area contributed by atoms with E-state index in [4.69, 9.17) is 0 Å². The Bertz CT molecular complexity index is 1100. The lowest BCUT2D eigenvalue weighted by Gasteiger charge is -2.17. The lowest BCUT2D eigenvalue weighted by atomic mass is 10.2. The van der Waals surface area contributed by atoms with Crippen molar-refractivity contribution in [1.29, 1.82) is 0 Å². The zero-order valence-corrected chi connectivity index (χ0v) is 14.4. The van der Waals surface area contributed by atoms with Gasteiger partial charge in [0.2, 0.25) is 10.0 Å². The summed E-state index contributed by atoms with van der Waals surface area (Å²) in [7, 11) is -3.58. The highest BCUT2D eigenvalue weighted by molar-refractivity contribution is 7.89. The summed E-state index contributed by atoms with van der Waals surface area (Å²) in [6.07, 6.45) is 3.47. The Morgan fingerprint density at radius 1 is 1.32 bits per heavy atom. The maximum atomic E-state index is 12.9. The summed E-state index contributed by atoms with van der Waals surface area (Å²) in [5, 5.41) is 0. The van der Waals surface area contributed by atoms with Gasteiger partial charge in [0.1, 0.15) is 11.8 Å². The Hall–Kier alpha value is -2.52. The Morgan fingerprint density at radius 3 is 2.96 bits per heavy atom. The summed E-state index contributed by atoms with van der Waals surface area (Å²) in [5.41, 5.74) is 1.64. The van der Waals surface area contributed by atoms with E-state index in [0.717, 1.165) is 5.56 Å². The highest BCUT2D eigenvalue weighted by Gasteiger charge is 2.34. The van der Waals surface area contributed by atoms with Gasteiger partial charge in [-0.2, -0.15) is 4.31 Å². The molecule has 0 saturated carbocycles. The maximum Gasteiger partial charge on any atom is 0.328 e. The van der Waals surface area contributed by atoms with Gasteiger partial charge in [0.05, 0.1) is 17.1 Å². The van der Waals surface area contributed by atoms with Crippen molar-refractivity contribution in [3.8, 4) is 0 Å². The van der Waals surface area contributed by atoms with Gasteiger partial charge in [0, 0.05) is 13.1 Å². The summed E-state index contributed by atoms with van der Waals surface area (Å²) in [5.74, 6) is 0. The molecule has 0 spiro atoms. The maximum absolute atomic E-state index is 12.9.